The summed E-state index contributed by atoms with van der Waals surface area (Å²) in [5, 5.41) is 0. The molecule has 0 saturated heterocycles. The van der Waals surface area contributed by atoms with Gasteiger partial charge in [-0.3, -0.25) is 0 Å². The first kappa shape index (κ1) is 14.1. The Kier molecular flexibility index (Phi) is 4.21. The van der Waals surface area contributed by atoms with Crippen LogP contribution in [0.15, 0.2) is 29.2 Å². The normalized spacial score (nSPS) is 12.7. The van der Waals surface area contributed by atoms with Crippen molar-refractivity contribution in [3.05, 3.63) is 29.8 Å². The van der Waals surface area contributed by atoms with Crippen molar-refractivity contribution in [2.24, 2.45) is 0 Å². The third kappa shape index (κ3) is 4.40. The molecule has 0 atom stereocenters. The van der Waals surface area contributed by atoms with E-state index in [2.05, 4.69) is 4.74 Å². The van der Waals surface area contributed by atoms with E-state index in [1.807, 2.05) is 0 Å². The maximum absolute atomic E-state index is 12.8. The van der Waals surface area contributed by atoms with Crippen molar-refractivity contribution >= 4 is 9.84 Å². The molecular weight excluding hydrogens is 250 g/mol. The molecule has 1 aromatic carbocycles. The van der Waals surface area contributed by atoms with Gasteiger partial charge < -0.3 is 4.74 Å². The minimum atomic E-state index is -3.26. The minimum Gasteiger partial charge on any atom is -0.316 e. The molecule has 17 heavy (non-hydrogen) atoms. The number of rotatable bonds is 5. The first-order chi connectivity index (χ1) is 7.74. The standard InChI is InChI=1S/C11H14F2O3S/c1-3-11(12,13)16-8-9-4-6-10(7-5-9)17(2,14)15/h4-7H,3,8H2,1-2H3. The lowest BCUT2D eigenvalue weighted by molar-refractivity contribution is -0.246. The fourth-order valence-electron chi connectivity index (χ4n) is 1.12. The first-order valence-electron chi connectivity index (χ1n) is 5.05. The smallest absolute Gasteiger partial charge is 0.316 e. The van der Waals surface area contributed by atoms with Crippen molar-refractivity contribution in [2.45, 2.75) is 31.0 Å². The maximum atomic E-state index is 12.8. The van der Waals surface area contributed by atoms with Crippen LogP contribution in [0.2, 0.25) is 0 Å². The van der Waals surface area contributed by atoms with E-state index in [0.717, 1.165) is 6.26 Å². The molecule has 0 aliphatic carbocycles. The first-order valence-corrected chi connectivity index (χ1v) is 6.94. The maximum Gasteiger partial charge on any atom is 0.355 e. The summed E-state index contributed by atoms with van der Waals surface area (Å²) >= 11 is 0. The predicted octanol–water partition coefficient (Wildman–Crippen LogP) is 2.61. The molecule has 0 radical (unpaired) electrons. The van der Waals surface area contributed by atoms with Gasteiger partial charge in [-0.15, -0.1) is 0 Å². The predicted molar refractivity (Wildman–Crippen MR) is 59.6 cm³/mol. The van der Waals surface area contributed by atoms with Gasteiger partial charge in [0.15, 0.2) is 9.84 Å². The van der Waals surface area contributed by atoms with Crippen LogP contribution in [0.1, 0.15) is 18.9 Å². The van der Waals surface area contributed by atoms with E-state index >= 15 is 0 Å². The van der Waals surface area contributed by atoms with Gasteiger partial charge in [0.1, 0.15) is 0 Å². The molecule has 1 rings (SSSR count). The number of sulfone groups is 1. The van der Waals surface area contributed by atoms with Crippen LogP contribution in [0.3, 0.4) is 0 Å². The molecule has 1 aromatic rings. The van der Waals surface area contributed by atoms with Crippen molar-refractivity contribution < 1.29 is 21.9 Å². The van der Waals surface area contributed by atoms with Crippen molar-refractivity contribution in [1.29, 1.82) is 0 Å². The van der Waals surface area contributed by atoms with Gasteiger partial charge in [0.05, 0.1) is 11.5 Å². The van der Waals surface area contributed by atoms with Crippen molar-refractivity contribution in [1.82, 2.24) is 0 Å². The van der Waals surface area contributed by atoms with E-state index < -0.39 is 22.4 Å². The van der Waals surface area contributed by atoms with E-state index in [9.17, 15) is 17.2 Å². The molecule has 0 bridgehead atoms. The van der Waals surface area contributed by atoms with Crippen molar-refractivity contribution in [3.63, 3.8) is 0 Å². The highest BCUT2D eigenvalue weighted by Gasteiger charge is 2.26. The van der Waals surface area contributed by atoms with Crippen LogP contribution in [0.25, 0.3) is 0 Å². The van der Waals surface area contributed by atoms with Gasteiger partial charge in [0.25, 0.3) is 0 Å². The summed E-state index contributed by atoms with van der Waals surface area (Å²) in [7, 11) is -3.26. The quantitative estimate of drug-likeness (QED) is 0.821. The second kappa shape index (κ2) is 5.10. The summed E-state index contributed by atoms with van der Waals surface area (Å²) in [6, 6.07) is 5.67. The lowest BCUT2D eigenvalue weighted by Gasteiger charge is -2.14. The highest BCUT2D eigenvalue weighted by atomic mass is 32.2. The van der Waals surface area contributed by atoms with Crippen molar-refractivity contribution in [3.8, 4) is 0 Å². The Hall–Kier alpha value is -1.01. The molecule has 0 aromatic heterocycles. The molecule has 0 amide bonds. The summed E-state index contributed by atoms with van der Waals surface area (Å²) in [5.74, 6) is 0. The Balaban J connectivity index is 2.70. The molecule has 96 valence electrons. The molecule has 3 nitrogen and oxygen atoms in total. The highest BCUT2D eigenvalue weighted by molar-refractivity contribution is 7.90. The fourth-order valence-corrected chi connectivity index (χ4v) is 1.75. The van der Waals surface area contributed by atoms with Crippen LogP contribution in [-0.2, 0) is 21.2 Å². The zero-order valence-electron chi connectivity index (χ0n) is 9.61. The molecule has 0 heterocycles. The second-order valence-corrected chi connectivity index (χ2v) is 5.71. The third-order valence-corrected chi connectivity index (χ3v) is 3.34. The number of hydrogen-bond donors (Lipinski definition) is 0. The van der Waals surface area contributed by atoms with Crippen LogP contribution >= 0.6 is 0 Å². The monoisotopic (exact) mass is 264 g/mol. The van der Waals surface area contributed by atoms with E-state index in [4.69, 9.17) is 0 Å². The molecule has 0 aliphatic heterocycles. The molecule has 0 saturated carbocycles. The zero-order valence-corrected chi connectivity index (χ0v) is 10.4. The van der Waals surface area contributed by atoms with E-state index in [0.29, 0.717) is 5.56 Å². The summed E-state index contributed by atoms with van der Waals surface area (Å²) in [4.78, 5) is 0.156. The van der Waals surface area contributed by atoms with Crippen LogP contribution in [0, 0.1) is 0 Å². The molecule has 0 N–H and O–H groups in total. The van der Waals surface area contributed by atoms with E-state index in [-0.39, 0.29) is 11.5 Å². The Morgan fingerprint density at radius 1 is 1.24 bits per heavy atom. The third-order valence-electron chi connectivity index (χ3n) is 2.21. The summed E-state index contributed by atoms with van der Waals surface area (Å²) in [6.07, 6.45) is -2.45. The summed E-state index contributed by atoms with van der Waals surface area (Å²) < 4.78 is 52.3. The summed E-state index contributed by atoms with van der Waals surface area (Å²) in [5.41, 5.74) is 0.505. The number of halogens is 2. The molecule has 0 fully saturated rings. The topological polar surface area (TPSA) is 43.4 Å². The van der Waals surface area contributed by atoms with Crippen molar-refractivity contribution in [2.75, 3.05) is 6.26 Å². The van der Waals surface area contributed by atoms with E-state index in [1.54, 1.807) is 0 Å². The zero-order chi connectivity index (χ0) is 13.1. The van der Waals surface area contributed by atoms with Gasteiger partial charge in [-0.1, -0.05) is 19.1 Å². The van der Waals surface area contributed by atoms with Crippen LogP contribution in [0.5, 0.6) is 0 Å². The Morgan fingerprint density at radius 3 is 2.18 bits per heavy atom. The van der Waals surface area contributed by atoms with Gasteiger partial charge >= 0.3 is 6.11 Å². The van der Waals surface area contributed by atoms with Crippen LogP contribution in [0.4, 0.5) is 8.78 Å². The number of ether oxygens (including phenoxy) is 1. The summed E-state index contributed by atoms with van der Waals surface area (Å²) in [6.45, 7) is 1.08. The molecule has 6 heteroatoms. The van der Waals surface area contributed by atoms with Gasteiger partial charge in [0, 0.05) is 12.7 Å². The number of benzene rings is 1. The largest absolute Gasteiger partial charge is 0.355 e. The molecular formula is C11H14F2O3S. The number of hydrogen-bond acceptors (Lipinski definition) is 3. The van der Waals surface area contributed by atoms with Crippen LogP contribution in [-0.4, -0.2) is 20.8 Å². The SMILES string of the molecule is CCC(F)(F)OCc1ccc(S(C)(=O)=O)cc1. The van der Waals surface area contributed by atoms with Gasteiger partial charge in [-0.05, 0) is 17.7 Å². The Labute approximate surface area is 99.3 Å². The molecule has 0 unspecified atom stereocenters. The average Bonchev–Trinajstić information content (AvgIpc) is 2.26. The van der Waals surface area contributed by atoms with Gasteiger partial charge in [-0.2, -0.15) is 8.78 Å². The lowest BCUT2D eigenvalue weighted by atomic mass is 10.2. The van der Waals surface area contributed by atoms with E-state index in [1.165, 1.54) is 31.2 Å². The minimum absolute atomic E-state index is 0.156. The average molecular weight is 264 g/mol. The second-order valence-electron chi connectivity index (χ2n) is 3.70. The number of alkyl halides is 2. The Bertz CT molecular complexity index is 466. The Morgan fingerprint density at radius 2 is 1.76 bits per heavy atom. The van der Waals surface area contributed by atoms with Gasteiger partial charge in [0.2, 0.25) is 0 Å². The van der Waals surface area contributed by atoms with Gasteiger partial charge in [-0.25, -0.2) is 8.42 Å². The lowest BCUT2D eigenvalue weighted by Crippen LogP contribution is -2.18. The molecule has 0 aliphatic rings. The fraction of sp³-hybridized carbons (Fsp3) is 0.455. The molecule has 0 spiro atoms. The highest BCUT2D eigenvalue weighted by Crippen LogP contribution is 2.21. The van der Waals surface area contributed by atoms with Crippen LogP contribution < -0.4 is 0 Å².